The molecule has 106 valence electrons. The zero-order valence-electron chi connectivity index (χ0n) is 11.2. The highest BCUT2D eigenvalue weighted by molar-refractivity contribution is 7.89. The SMILES string of the molecule is CN(CC1CCCCC1)S(=O)(=O)c1ccccc1F. The van der Waals surface area contributed by atoms with Gasteiger partial charge in [-0.25, -0.2) is 17.1 Å². The Morgan fingerprint density at radius 2 is 1.84 bits per heavy atom. The van der Waals surface area contributed by atoms with Crippen molar-refractivity contribution in [1.29, 1.82) is 0 Å². The van der Waals surface area contributed by atoms with Crippen molar-refractivity contribution in [3.05, 3.63) is 30.1 Å². The zero-order valence-corrected chi connectivity index (χ0v) is 12.0. The van der Waals surface area contributed by atoms with E-state index < -0.39 is 15.8 Å². The van der Waals surface area contributed by atoms with Gasteiger partial charge in [-0.15, -0.1) is 0 Å². The maximum absolute atomic E-state index is 13.6. The predicted molar refractivity (Wildman–Crippen MR) is 72.8 cm³/mol. The molecule has 2 rings (SSSR count). The number of halogens is 1. The molecule has 0 N–H and O–H groups in total. The molecule has 0 spiro atoms. The van der Waals surface area contributed by atoms with Gasteiger partial charge in [0.15, 0.2) is 0 Å². The third-order valence-electron chi connectivity index (χ3n) is 3.76. The number of hydrogen-bond donors (Lipinski definition) is 0. The maximum atomic E-state index is 13.6. The van der Waals surface area contributed by atoms with Crippen molar-refractivity contribution in [2.24, 2.45) is 5.92 Å². The lowest BCUT2D eigenvalue weighted by Crippen LogP contribution is -2.33. The first-order valence-corrected chi connectivity index (χ1v) is 8.16. The number of rotatable bonds is 4. The van der Waals surface area contributed by atoms with E-state index in [1.54, 1.807) is 6.07 Å². The summed E-state index contributed by atoms with van der Waals surface area (Å²) in [4.78, 5) is -0.228. The molecule has 19 heavy (non-hydrogen) atoms. The fourth-order valence-corrected chi connectivity index (χ4v) is 3.96. The Morgan fingerprint density at radius 1 is 1.21 bits per heavy atom. The third-order valence-corrected chi connectivity index (χ3v) is 5.62. The highest BCUT2D eigenvalue weighted by atomic mass is 32.2. The summed E-state index contributed by atoms with van der Waals surface area (Å²) in [5, 5.41) is 0. The van der Waals surface area contributed by atoms with E-state index in [-0.39, 0.29) is 4.90 Å². The molecule has 0 aliphatic heterocycles. The van der Waals surface area contributed by atoms with Crippen LogP contribution in [0.1, 0.15) is 32.1 Å². The Labute approximate surface area is 114 Å². The van der Waals surface area contributed by atoms with Gasteiger partial charge in [0.05, 0.1) is 0 Å². The summed E-state index contributed by atoms with van der Waals surface area (Å²) in [7, 11) is -2.17. The summed E-state index contributed by atoms with van der Waals surface area (Å²) in [6.45, 7) is 0.483. The number of hydrogen-bond acceptors (Lipinski definition) is 2. The van der Waals surface area contributed by atoms with Crippen LogP contribution < -0.4 is 0 Å². The Bertz CT molecular complexity index is 524. The first-order valence-electron chi connectivity index (χ1n) is 6.72. The van der Waals surface area contributed by atoms with E-state index in [0.717, 1.165) is 25.7 Å². The molecule has 0 heterocycles. The van der Waals surface area contributed by atoms with Gasteiger partial charge in [0.25, 0.3) is 0 Å². The fraction of sp³-hybridized carbons (Fsp3) is 0.571. The van der Waals surface area contributed by atoms with Gasteiger partial charge in [0.2, 0.25) is 10.0 Å². The Balaban J connectivity index is 2.13. The predicted octanol–water partition coefficient (Wildman–Crippen LogP) is 3.03. The summed E-state index contributed by atoms with van der Waals surface area (Å²) >= 11 is 0. The van der Waals surface area contributed by atoms with E-state index in [9.17, 15) is 12.8 Å². The zero-order chi connectivity index (χ0) is 13.9. The molecule has 0 aromatic heterocycles. The molecule has 0 unspecified atom stereocenters. The van der Waals surface area contributed by atoms with Crippen LogP contribution >= 0.6 is 0 Å². The second kappa shape index (κ2) is 6.01. The van der Waals surface area contributed by atoms with Gasteiger partial charge >= 0.3 is 0 Å². The molecule has 1 saturated carbocycles. The van der Waals surface area contributed by atoms with Gasteiger partial charge in [-0.1, -0.05) is 31.4 Å². The van der Waals surface area contributed by atoms with Crippen LogP contribution in [0.4, 0.5) is 4.39 Å². The van der Waals surface area contributed by atoms with Gasteiger partial charge in [0.1, 0.15) is 10.7 Å². The van der Waals surface area contributed by atoms with Crippen molar-refractivity contribution in [3.63, 3.8) is 0 Å². The van der Waals surface area contributed by atoms with Gasteiger partial charge < -0.3 is 0 Å². The Hall–Kier alpha value is -0.940. The topological polar surface area (TPSA) is 37.4 Å². The quantitative estimate of drug-likeness (QED) is 0.852. The first-order chi connectivity index (χ1) is 9.01. The highest BCUT2D eigenvalue weighted by Gasteiger charge is 2.26. The van der Waals surface area contributed by atoms with Crippen molar-refractivity contribution >= 4 is 10.0 Å². The smallest absolute Gasteiger partial charge is 0.207 e. The monoisotopic (exact) mass is 285 g/mol. The van der Waals surface area contributed by atoms with Crippen LogP contribution in [0.2, 0.25) is 0 Å². The van der Waals surface area contributed by atoms with Crippen molar-refractivity contribution in [3.8, 4) is 0 Å². The third kappa shape index (κ3) is 3.34. The number of benzene rings is 1. The molecule has 1 aromatic carbocycles. The van der Waals surface area contributed by atoms with Crippen LogP contribution in [0.25, 0.3) is 0 Å². The van der Waals surface area contributed by atoms with Crippen molar-refractivity contribution in [2.45, 2.75) is 37.0 Å². The molecule has 5 heteroatoms. The Kier molecular flexibility index (Phi) is 4.58. The molecule has 0 radical (unpaired) electrons. The summed E-state index contributed by atoms with van der Waals surface area (Å²) in [6.07, 6.45) is 5.70. The van der Waals surface area contributed by atoms with E-state index in [4.69, 9.17) is 0 Å². The van der Waals surface area contributed by atoms with Gasteiger partial charge in [0, 0.05) is 13.6 Å². The average molecular weight is 285 g/mol. The van der Waals surface area contributed by atoms with Crippen molar-refractivity contribution in [2.75, 3.05) is 13.6 Å². The van der Waals surface area contributed by atoms with E-state index in [2.05, 4.69) is 0 Å². The Morgan fingerprint density at radius 3 is 2.47 bits per heavy atom. The van der Waals surface area contributed by atoms with E-state index >= 15 is 0 Å². The summed E-state index contributed by atoms with van der Waals surface area (Å²) in [5.41, 5.74) is 0. The lowest BCUT2D eigenvalue weighted by Gasteiger charge is -2.26. The maximum Gasteiger partial charge on any atom is 0.245 e. The summed E-state index contributed by atoms with van der Waals surface area (Å²) < 4.78 is 39.5. The molecule has 1 fully saturated rings. The van der Waals surface area contributed by atoms with Crippen LogP contribution in [0.3, 0.4) is 0 Å². The number of nitrogens with zero attached hydrogens (tertiary/aromatic N) is 1. The number of sulfonamides is 1. The van der Waals surface area contributed by atoms with Crippen molar-refractivity contribution < 1.29 is 12.8 Å². The van der Waals surface area contributed by atoms with Gasteiger partial charge in [-0.3, -0.25) is 0 Å². The standard InChI is InChI=1S/C14H20FNO2S/c1-16(11-12-7-3-2-4-8-12)19(17,18)14-10-6-5-9-13(14)15/h5-6,9-10,12H,2-4,7-8,11H2,1H3. The molecule has 0 atom stereocenters. The molecular weight excluding hydrogens is 265 g/mol. The molecule has 1 aliphatic rings. The minimum absolute atomic E-state index is 0.228. The first kappa shape index (κ1) is 14.5. The molecule has 1 aliphatic carbocycles. The second-order valence-electron chi connectivity index (χ2n) is 5.22. The van der Waals surface area contributed by atoms with Gasteiger partial charge in [-0.05, 0) is 30.9 Å². The van der Waals surface area contributed by atoms with E-state index in [1.165, 1.54) is 36.0 Å². The molecule has 0 amide bonds. The van der Waals surface area contributed by atoms with Crippen LogP contribution in [0.15, 0.2) is 29.2 Å². The van der Waals surface area contributed by atoms with Crippen LogP contribution in [0.5, 0.6) is 0 Å². The van der Waals surface area contributed by atoms with Crippen molar-refractivity contribution in [1.82, 2.24) is 4.31 Å². The van der Waals surface area contributed by atoms with E-state index in [1.807, 2.05) is 0 Å². The molecule has 3 nitrogen and oxygen atoms in total. The second-order valence-corrected chi connectivity index (χ2v) is 7.23. The minimum Gasteiger partial charge on any atom is -0.207 e. The molecule has 0 saturated heterocycles. The van der Waals surface area contributed by atoms with E-state index in [0.29, 0.717) is 12.5 Å². The van der Waals surface area contributed by atoms with Gasteiger partial charge in [-0.2, -0.15) is 0 Å². The fourth-order valence-electron chi connectivity index (χ4n) is 2.65. The van der Waals surface area contributed by atoms with Crippen LogP contribution in [0, 0.1) is 11.7 Å². The minimum atomic E-state index is -3.71. The largest absolute Gasteiger partial charge is 0.245 e. The molecule has 1 aromatic rings. The molecular formula is C14H20FNO2S. The lowest BCUT2D eigenvalue weighted by molar-refractivity contribution is 0.299. The van der Waals surface area contributed by atoms with Crippen LogP contribution in [-0.2, 0) is 10.0 Å². The lowest BCUT2D eigenvalue weighted by atomic mass is 9.89. The summed E-state index contributed by atoms with van der Waals surface area (Å²) in [6, 6.07) is 5.54. The highest BCUT2D eigenvalue weighted by Crippen LogP contribution is 2.26. The molecule has 0 bridgehead atoms. The van der Waals surface area contributed by atoms with Crippen LogP contribution in [-0.4, -0.2) is 26.3 Å². The average Bonchev–Trinajstić information content (AvgIpc) is 2.40. The normalized spacial score (nSPS) is 17.8. The summed E-state index contributed by atoms with van der Waals surface area (Å²) in [5.74, 6) is -0.279.